The summed E-state index contributed by atoms with van der Waals surface area (Å²) in [5.41, 5.74) is 1.56. The lowest BCUT2D eigenvalue weighted by atomic mass is 10.1. The second kappa shape index (κ2) is 7.70. The molecular weight excluding hydrogens is 286 g/mol. The molecule has 1 saturated heterocycles. The van der Waals surface area contributed by atoms with Gasteiger partial charge < -0.3 is 5.32 Å². The number of nitrogens with one attached hydrogen (secondary N) is 1. The fraction of sp³-hybridized carbons (Fsp3) is 0.389. The molecule has 0 aromatic carbocycles. The second-order valence-electron chi connectivity index (χ2n) is 5.91. The van der Waals surface area contributed by atoms with Gasteiger partial charge in [-0.25, -0.2) is 4.98 Å². The van der Waals surface area contributed by atoms with Gasteiger partial charge in [0.05, 0.1) is 5.69 Å². The minimum absolute atomic E-state index is 0.350. The fourth-order valence-corrected chi connectivity index (χ4v) is 2.99. The Kier molecular flexibility index (Phi) is 5.17. The van der Waals surface area contributed by atoms with Crippen LogP contribution in [-0.2, 0) is 6.54 Å². The molecule has 2 aromatic heterocycles. The number of hydrogen-bond acceptors (Lipinski definition) is 5. The average Bonchev–Trinajstić information content (AvgIpc) is 2.81. The SMILES string of the molecule is N#Cc1cccc(NC2CCCCN(Cc3ccccn3)C2)n1. The summed E-state index contributed by atoms with van der Waals surface area (Å²) < 4.78 is 0. The zero-order chi connectivity index (χ0) is 15.9. The Morgan fingerprint density at radius 3 is 3.00 bits per heavy atom. The highest BCUT2D eigenvalue weighted by molar-refractivity contribution is 5.39. The van der Waals surface area contributed by atoms with E-state index in [1.165, 1.54) is 12.8 Å². The Bertz CT molecular complexity index is 665. The van der Waals surface area contributed by atoms with E-state index in [1.807, 2.05) is 30.5 Å². The molecule has 5 nitrogen and oxygen atoms in total. The number of hydrogen-bond donors (Lipinski definition) is 1. The van der Waals surface area contributed by atoms with E-state index in [2.05, 4.69) is 32.3 Å². The van der Waals surface area contributed by atoms with Crippen molar-refractivity contribution in [2.24, 2.45) is 0 Å². The summed E-state index contributed by atoms with van der Waals surface area (Å²) in [5.74, 6) is 0.786. The lowest BCUT2D eigenvalue weighted by Gasteiger charge is -2.25. The third kappa shape index (κ3) is 4.51. The van der Waals surface area contributed by atoms with Crippen LogP contribution in [0.5, 0.6) is 0 Å². The molecule has 1 fully saturated rings. The van der Waals surface area contributed by atoms with Crippen molar-refractivity contribution in [3.05, 3.63) is 54.0 Å². The maximum atomic E-state index is 8.96. The largest absolute Gasteiger partial charge is 0.366 e. The molecule has 1 unspecified atom stereocenters. The van der Waals surface area contributed by atoms with Gasteiger partial charge >= 0.3 is 0 Å². The van der Waals surface area contributed by atoms with Gasteiger partial charge in [-0.3, -0.25) is 9.88 Å². The molecule has 0 saturated carbocycles. The maximum absolute atomic E-state index is 8.96. The Morgan fingerprint density at radius 1 is 1.22 bits per heavy atom. The van der Waals surface area contributed by atoms with Gasteiger partial charge in [0.15, 0.2) is 0 Å². The first-order valence-corrected chi connectivity index (χ1v) is 8.09. The van der Waals surface area contributed by atoms with Crippen molar-refractivity contribution in [2.75, 3.05) is 18.4 Å². The monoisotopic (exact) mass is 307 g/mol. The number of anilines is 1. The van der Waals surface area contributed by atoms with Crippen molar-refractivity contribution in [3.63, 3.8) is 0 Å². The van der Waals surface area contributed by atoms with Crippen LogP contribution in [0.1, 0.15) is 30.7 Å². The van der Waals surface area contributed by atoms with Gasteiger partial charge in [-0.2, -0.15) is 5.26 Å². The van der Waals surface area contributed by atoms with Crippen molar-refractivity contribution < 1.29 is 0 Å². The molecule has 1 atom stereocenters. The fourth-order valence-electron chi connectivity index (χ4n) is 2.99. The summed E-state index contributed by atoms with van der Waals surface area (Å²) in [7, 11) is 0. The summed E-state index contributed by atoms with van der Waals surface area (Å²) in [4.78, 5) is 11.2. The van der Waals surface area contributed by atoms with Crippen molar-refractivity contribution >= 4 is 5.82 Å². The Hall–Kier alpha value is -2.45. The molecule has 0 bridgehead atoms. The minimum atomic E-state index is 0.350. The van der Waals surface area contributed by atoms with E-state index < -0.39 is 0 Å². The van der Waals surface area contributed by atoms with E-state index in [0.717, 1.165) is 37.6 Å². The van der Waals surface area contributed by atoms with Crippen molar-refractivity contribution in [1.82, 2.24) is 14.9 Å². The molecule has 0 spiro atoms. The molecule has 1 aliphatic heterocycles. The third-order valence-electron chi connectivity index (χ3n) is 4.08. The normalized spacial score (nSPS) is 18.8. The molecule has 23 heavy (non-hydrogen) atoms. The third-order valence-corrected chi connectivity index (χ3v) is 4.08. The zero-order valence-corrected chi connectivity index (χ0v) is 13.2. The van der Waals surface area contributed by atoms with Crippen molar-refractivity contribution in [3.8, 4) is 6.07 Å². The average molecular weight is 307 g/mol. The molecule has 118 valence electrons. The molecule has 1 aliphatic rings. The molecule has 3 heterocycles. The summed E-state index contributed by atoms with van der Waals surface area (Å²) in [6.07, 6.45) is 5.38. The lowest BCUT2D eigenvalue weighted by molar-refractivity contribution is 0.266. The minimum Gasteiger partial charge on any atom is -0.366 e. The number of aromatic nitrogens is 2. The standard InChI is InChI=1S/C18H21N5/c19-12-15-8-5-9-18(21-15)22-17-7-2-4-11-23(14-17)13-16-6-1-3-10-20-16/h1,3,5-6,8-10,17H,2,4,7,11,13-14H2,(H,21,22). The van der Waals surface area contributed by atoms with Crippen LogP contribution in [0.15, 0.2) is 42.6 Å². The van der Waals surface area contributed by atoms with Gasteiger partial charge in [-0.1, -0.05) is 18.6 Å². The number of likely N-dealkylation sites (tertiary alicyclic amines) is 1. The molecule has 0 aliphatic carbocycles. The Labute approximate surface area is 137 Å². The molecule has 0 amide bonds. The van der Waals surface area contributed by atoms with Crippen molar-refractivity contribution in [2.45, 2.75) is 31.8 Å². The molecular formula is C18H21N5. The van der Waals surface area contributed by atoms with Gasteiger partial charge in [-0.15, -0.1) is 0 Å². The zero-order valence-electron chi connectivity index (χ0n) is 13.2. The van der Waals surface area contributed by atoms with Crippen LogP contribution >= 0.6 is 0 Å². The van der Waals surface area contributed by atoms with E-state index in [9.17, 15) is 0 Å². The van der Waals surface area contributed by atoms with E-state index in [0.29, 0.717) is 11.7 Å². The summed E-state index contributed by atoms with van der Waals surface area (Å²) >= 11 is 0. The maximum Gasteiger partial charge on any atom is 0.142 e. The number of pyridine rings is 2. The number of nitriles is 1. The molecule has 0 radical (unpaired) electrons. The van der Waals surface area contributed by atoms with Gasteiger partial charge in [0, 0.05) is 25.3 Å². The molecule has 1 N–H and O–H groups in total. The first-order valence-electron chi connectivity index (χ1n) is 8.09. The van der Waals surface area contributed by atoms with Crippen molar-refractivity contribution in [1.29, 1.82) is 5.26 Å². The second-order valence-corrected chi connectivity index (χ2v) is 5.91. The van der Waals surface area contributed by atoms with Gasteiger partial charge in [-0.05, 0) is 43.7 Å². The van der Waals surface area contributed by atoms with Crippen LogP contribution in [0.4, 0.5) is 5.82 Å². The summed E-state index contributed by atoms with van der Waals surface area (Å²) in [6, 6.07) is 14.0. The number of rotatable bonds is 4. The smallest absolute Gasteiger partial charge is 0.142 e. The van der Waals surface area contributed by atoms with Crippen LogP contribution in [0, 0.1) is 11.3 Å². The van der Waals surface area contributed by atoms with Crippen LogP contribution < -0.4 is 5.32 Å². The van der Waals surface area contributed by atoms with E-state index >= 15 is 0 Å². The van der Waals surface area contributed by atoms with Crippen LogP contribution in [0.25, 0.3) is 0 Å². The molecule has 2 aromatic rings. The summed E-state index contributed by atoms with van der Waals surface area (Å²) in [5, 5.41) is 12.5. The Balaban J connectivity index is 1.64. The highest BCUT2D eigenvalue weighted by Gasteiger charge is 2.19. The van der Waals surface area contributed by atoms with E-state index in [-0.39, 0.29) is 0 Å². The number of nitrogens with zero attached hydrogens (tertiary/aromatic N) is 4. The van der Waals surface area contributed by atoms with Crippen LogP contribution in [0.2, 0.25) is 0 Å². The van der Waals surface area contributed by atoms with E-state index in [1.54, 1.807) is 6.07 Å². The highest BCUT2D eigenvalue weighted by Crippen LogP contribution is 2.16. The first kappa shape index (κ1) is 15.4. The predicted octanol–water partition coefficient (Wildman–Crippen LogP) is 2.81. The van der Waals surface area contributed by atoms with Crippen LogP contribution in [0.3, 0.4) is 0 Å². The molecule has 5 heteroatoms. The molecule has 3 rings (SSSR count). The lowest BCUT2D eigenvalue weighted by Crippen LogP contribution is -2.35. The van der Waals surface area contributed by atoms with Gasteiger partial charge in [0.2, 0.25) is 0 Å². The Morgan fingerprint density at radius 2 is 2.17 bits per heavy atom. The van der Waals surface area contributed by atoms with Gasteiger partial charge in [0.1, 0.15) is 17.6 Å². The first-order chi connectivity index (χ1) is 11.3. The topological polar surface area (TPSA) is 64.8 Å². The predicted molar refractivity (Wildman–Crippen MR) is 89.7 cm³/mol. The van der Waals surface area contributed by atoms with E-state index in [4.69, 9.17) is 5.26 Å². The van der Waals surface area contributed by atoms with Crippen LogP contribution in [-0.4, -0.2) is 34.0 Å². The summed E-state index contributed by atoms with van der Waals surface area (Å²) in [6.45, 7) is 2.94. The van der Waals surface area contributed by atoms with Gasteiger partial charge in [0.25, 0.3) is 0 Å². The highest BCUT2D eigenvalue weighted by atomic mass is 15.2. The quantitative estimate of drug-likeness (QED) is 0.941.